The van der Waals surface area contributed by atoms with Crippen molar-refractivity contribution in [2.24, 2.45) is 0 Å². The minimum atomic E-state index is -1.16. The highest BCUT2D eigenvalue weighted by Gasteiger charge is 2.32. The first-order valence-corrected chi connectivity index (χ1v) is 17.6. The predicted molar refractivity (Wildman–Crippen MR) is 212 cm³/mol. The summed E-state index contributed by atoms with van der Waals surface area (Å²) in [7, 11) is 0. The number of benzene rings is 5. The van der Waals surface area contributed by atoms with E-state index in [4.69, 9.17) is 0 Å². The maximum absolute atomic E-state index is 16.9. The van der Waals surface area contributed by atoms with Crippen molar-refractivity contribution in [3.05, 3.63) is 144 Å². The maximum atomic E-state index is 16.9. The average Bonchev–Trinajstić information content (AvgIpc) is 2.93. The van der Waals surface area contributed by atoms with Crippen molar-refractivity contribution in [1.82, 2.24) is 0 Å². The van der Waals surface area contributed by atoms with Crippen molar-refractivity contribution < 1.29 is 4.32 Å². The van der Waals surface area contributed by atoms with Crippen molar-refractivity contribution in [2.75, 3.05) is 0 Å². The fourth-order valence-corrected chi connectivity index (χ4v) is 9.05. The molecule has 246 valence electrons. The van der Waals surface area contributed by atoms with Gasteiger partial charge in [0.2, 0.25) is 6.71 Å². The lowest BCUT2D eigenvalue weighted by Gasteiger charge is -2.28. The normalized spacial score (nSPS) is 11.3. The monoisotopic (exact) mass is 634 g/mol. The molecule has 0 aliphatic carbocycles. The molecule has 5 aromatic carbocycles. The number of hydrogen-bond acceptors (Lipinski definition) is 0. The van der Waals surface area contributed by atoms with Gasteiger partial charge in [0.1, 0.15) is 0 Å². The quantitative estimate of drug-likeness (QED) is 0.152. The summed E-state index contributed by atoms with van der Waals surface area (Å²) in [5.74, 6) is 0. The highest BCUT2D eigenvalue weighted by atomic mass is 19.1. The lowest BCUT2D eigenvalue weighted by Crippen LogP contribution is -2.57. The first-order chi connectivity index (χ1) is 22.6. The SMILES string of the molecule is Cc1cc(C)c(B(F)c2c(C)cc(C)cc2CCc2cc(C)cc(C)c2B(c2c(C)cc(C)cc2C)c2c(C)cc(C)cc2C)c(C)c1. The number of halogens is 1. The van der Waals surface area contributed by atoms with E-state index in [0.29, 0.717) is 0 Å². The van der Waals surface area contributed by atoms with E-state index in [-0.39, 0.29) is 6.71 Å². The Morgan fingerprint density at radius 2 is 0.583 bits per heavy atom. The van der Waals surface area contributed by atoms with Gasteiger partial charge in [0.25, 0.3) is 0 Å². The molecule has 0 amide bonds. The van der Waals surface area contributed by atoms with Gasteiger partial charge in [-0.15, -0.1) is 0 Å². The molecular formula is C45H53B2F. The minimum absolute atomic E-state index is 0.104. The van der Waals surface area contributed by atoms with Gasteiger partial charge in [0.15, 0.2) is 0 Å². The zero-order valence-corrected chi connectivity index (χ0v) is 31.7. The second-order valence-corrected chi connectivity index (χ2v) is 15.0. The van der Waals surface area contributed by atoms with E-state index in [1.807, 2.05) is 0 Å². The predicted octanol–water partition coefficient (Wildman–Crippen LogP) is 8.07. The summed E-state index contributed by atoms with van der Waals surface area (Å²) in [6.45, 7) is 27.4. The van der Waals surface area contributed by atoms with E-state index in [1.54, 1.807) is 0 Å². The van der Waals surface area contributed by atoms with Crippen LogP contribution in [0.5, 0.6) is 0 Å². The first kappa shape index (κ1) is 35.5. The third kappa shape index (κ3) is 6.98. The zero-order chi connectivity index (χ0) is 35.2. The molecule has 0 N–H and O–H groups in total. The molecule has 0 nitrogen and oxygen atoms in total. The Hall–Kier alpha value is -3.84. The lowest BCUT2D eigenvalue weighted by molar-refractivity contribution is 0.858. The molecule has 0 unspecified atom stereocenters. The molecule has 0 heterocycles. The van der Waals surface area contributed by atoms with Crippen LogP contribution in [-0.2, 0) is 12.8 Å². The van der Waals surface area contributed by atoms with Crippen LogP contribution in [0, 0.1) is 90.0 Å². The summed E-state index contributed by atoms with van der Waals surface area (Å²) in [6.07, 6.45) is 1.62. The second kappa shape index (κ2) is 13.9. The highest BCUT2D eigenvalue weighted by Crippen LogP contribution is 2.20. The van der Waals surface area contributed by atoms with E-state index in [0.717, 1.165) is 46.0 Å². The summed E-state index contributed by atoms with van der Waals surface area (Å²) < 4.78 is 16.9. The van der Waals surface area contributed by atoms with Gasteiger partial charge in [0, 0.05) is 0 Å². The molecule has 0 atom stereocenters. The molecule has 0 bridgehead atoms. The van der Waals surface area contributed by atoms with Gasteiger partial charge in [-0.2, -0.15) is 0 Å². The fraction of sp³-hybridized carbons (Fsp3) is 0.333. The Morgan fingerprint density at radius 1 is 0.333 bits per heavy atom. The van der Waals surface area contributed by atoms with Gasteiger partial charge < -0.3 is 4.32 Å². The van der Waals surface area contributed by atoms with E-state index < -0.39 is 6.99 Å². The molecule has 0 saturated carbocycles. The topological polar surface area (TPSA) is 0 Å². The van der Waals surface area contributed by atoms with Crippen LogP contribution < -0.4 is 27.3 Å². The summed E-state index contributed by atoms with van der Waals surface area (Å²) >= 11 is 0. The smallest absolute Gasteiger partial charge is 0.322 e. The number of hydrogen-bond donors (Lipinski definition) is 0. The molecule has 0 aliphatic heterocycles. The zero-order valence-electron chi connectivity index (χ0n) is 31.7. The van der Waals surface area contributed by atoms with Crippen LogP contribution in [0.4, 0.5) is 4.32 Å². The maximum Gasteiger partial charge on any atom is 0.414 e. The van der Waals surface area contributed by atoms with E-state index >= 15 is 4.32 Å². The molecule has 0 aromatic heterocycles. The lowest BCUT2D eigenvalue weighted by atomic mass is 9.33. The van der Waals surface area contributed by atoms with Crippen LogP contribution in [-0.4, -0.2) is 13.7 Å². The Labute approximate surface area is 291 Å². The molecular weight excluding hydrogens is 581 g/mol. The van der Waals surface area contributed by atoms with Gasteiger partial charge in [-0.1, -0.05) is 155 Å². The second-order valence-electron chi connectivity index (χ2n) is 15.0. The summed E-state index contributed by atoms with van der Waals surface area (Å²) in [4.78, 5) is 0. The van der Waals surface area contributed by atoms with Crippen molar-refractivity contribution in [3.8, 4) is 0 Å². The van der Waals surface area contributed by atoms with Gasteiger partial charge in [0.05, 0.1) is 0 Å². The third-order valence-corrected chi connectivity index (χ3v) is 10.5. The number of rotatable bonds is 8. The van der Waals surface area contributed by atoms with E-state index in [9.17, 15) is 0 Å². The van der Waals surface area contributed by atoms with Crippen molar-refractivity contribution in [2.45, 2.75) is 103 Å². The van der Waals surface area contributed by atoms with E-state index in [1.165, 1.54) is 77.6 Å². The van der Waals surface area contributed by atoms with Gasteiger partial charge >= 0.3 is 6.99 Å². The standard InChI is InChI=1S/C45H53B2F/c1-26-16-31(6)41(32(7)17-26)46(42-33(8)18-27(2)19-34(42)9)44-37(12)22-29(4)24-39(44)14-15-40-25-30(5)23-38(13)45(40)47(48)43-35(10)20-28(3)21-36(43)11/h16-25H,14-15H2,1-13H3. The average molecular weight is 635 g/mol. The Morgan fingerprint density at radius 3 is 0.938 bits per heavy atom. The molecule has 0 spiro atoms. The van der Waals surface area contributed by atoms with Gasteiger partial charge in [-0.25, -0.2) is 0 Å². The molecule has 3 heteroatoms. The molecule has 0 fully saturated rings. The van der Waals surface area contributed by atoms with Crippen molar-refractivity contribution >= 4 is 41.0 Å². The summed E-state index contributed by atoms with van der Waals surface area (Å²) in [5.41, 5.74) is 24.3. The van der Waals surface area contributed by atoms with Crippen LogP contribution in [0.25, 0.3) is 0 Å². The van der Waals surface area contributed by atoms with Crippen molar-refractivity contribution in [1.29, 1.82) is 0 Å². The summed E-state index contributed by atoms with van der Waals surface area (Å²) in [5, 5.41) is 0. The van der Waals surface area contributed by atoms with Crippen LogP contribution in [0.15, 0.2) is 60.7 Å². The molecule has 0 radical (unpaired) electrons. The minimum Gasteiger partial charge on any atom is -0.322 e. The molecule has 5 rings (SSSR count). The van der Waals surface area contributed by atoms with Crippen LogP contribution in [0.3, 0.4) is 0 Å². The Kier molecular flexibility index (Phi) is 10.3. The first-order valence-electron chi connectivity index (χ1n) is 17.6. The molecule has 0 saturated heterocycles. The van der Waals surface area contributed by atoms with Crippen LogP contribution >= 0.6 is 0 Å². The third-order valence-electron chi connectivity index (χ3n) is 10.5. The largest absolute Gasteiger partial charge is 0.414 e. The Bertz CT molecular complexity index is 1910. The Balaban J connectivity index is 1.70. The summed E-state index contributed by atoms with van der Waals surface area (Å²) in [6, 6.07) is 22.7. The fourth-order valence-electron chi connectivity index (χ4n) is 9.05. The van der Waals surface area contributed by atoms with Crippen molar-refractivity contribution in [3.63, 3.8) is 0 Å². The van der Waals surface area contributed by atoms with Crippen LogP contribution in [0.1, 0.15) is 83.5 Å². The van der Waals surface area contributed by atoms with Gasteiger partial charge in [-0.05, 0) is 119 Å². The van der Waals surface area contributed by atoms with Gasteiger partial charge in [-0.3, -0.25) is 0 Å². The van der Waals surface area contributed by atoms with Crippen LogP contribution in [0.2, 0.25) is 0 Å². The number of aryl methyl sites for hydroxylation is 15. The molecule has 0 aliphatic rings. The van der Waals surface area contributed by atoms with E-state index in [2.05, 4.69) is 151 Å². The highest BCUT2D eigenvalue weighted by molar-refractivity contribution is 6.97. The molecule has 5 aromatic rings. The molecule has 48 heavy (non-hydrogen) atoms.